The number of rotatable bonds is 8. The lowest BCUT2D eigenvalue weighted by Crippen LogP contribution is -2.35. The lowest BCUT2D eigenvalue weighted by atomic mass is 10.1. The molecule has 0 unspecified atom stereocenters. The molecule has 21 heavy (non-hydrogen) atoms. The van der Waals surface area contributed by atoms with E-state index in [4.69, 9.17) is 4.74 Å². The summed E-state index contributed by atoms with van der Waals surface area (Å²) in [6.45, 7) is 8.51. The lowest BCUT2D eigenvalue weighted by molar-refractivity contribution is 0.228. The third-order valence-corrected chi connectivity index (χ3v) is 4.35. The average molecular weight is 355 g/mol. The van der Waals surface area contributed by atoms with E-state index >= 15 is 0 Å². The summed E-state index contributed by atoms with van der Waals surface area (Å²) in [6.07, 6.45) is 5.17. The summed E-state index contributed by atoms with van der Waals surface area (Å²) in [4.78, 5) is 2.56. The highest BCUT2D eigenvalue weighted by atomic mass is 79.9. The average Bonchev–Trinajstić information content (AvgIpc) is 2.52. The summed E-state index contributed by atoms with van der Waals surface area (Å²) in [6, 6.07) is 6.25. The first-order valence-corrected chi connectivity index (χ1v) is 8.93. The number of halogens is 1. The van der Waals surface area contributed by atoms with E-state index in [2.05, 4.69) is 45.2 Å². The van der Waals surface area contributed by atoms with Gasteiger partial charge in [-0.1, -0.05) is 29.3 Å². The standard InChI is InChI=1S/C17H27BrN2O/c1-2-12-21-17-7-6-16(18)13-15(17)14-19-8-11-20-9-4-3-5-10-20/h6-7,13,19H,2-5,8-12,14H2,1H3. The minimum atomic E-state index is 0.780. The summed E-state index contributed by atoms with van der Waals surface area (Å²) in [5.41, 5.74) is 1.23. The summed E-state index contributed by atoms with van der Waals surface area (Å²) >= 11 is 3.54. The van der Waals surface area contributed by atoms with Crippen molar-refractivity contribution in [2.45, 2.75) is 39.2 Å². The second kappa shape index (κ2) is 9.44. The van der Waals surface area contributed by atoms with Gasteiger partial charge < -0.3 is 15.0 Å². The Balaban J connectivity index is 1.77. The molecule has 1 aromatic rings. The molecule has 0 amide bonds. The molecule has 0 radical (unpaired) electrons. The van der Waals surface area contributed by atoms with Crippen molar-refractivity contribution in [2.75, 3.05) is 32.8 Å². The number of nitrogens with zero attached hydrogens (tertiary/aromatic N) is 1. The fourth-order valence-electron chi connectivity index (χ4n) is 2.68. The molecule has 1 N–H and O–H groups in total. The van der Waals surface area contributed by atoms with E-state index in [1.54, 1.807) is 0 Å². The monoisotopic (exact) mass is 354 g/mol. The van der Waals surface area contributed by atoms with Crippen molar-refractivity contribution in [1.29, 1.82) is 0 Å². The van der Waals surface area contributed by atoms with Crippen molar-refractivity contribution in [3.8, 4) is 5.75 Å². The van der Waals surface area contributed by atoms with Crippen LogP contribution < -0.4 is 10.1 Å². The van der Waals surface area contributed by atoms with Crippen molar-refractivity contribution >= 4 is 15.9 Å². The molecule has 1 saturated heterocycles. The Hall–Kier alpha value is -0.580. The van der Waals surface area contributed by atoms with E-state index in [1.807, 2.05) is 6.07 Å². The topological polar surface area (TPSA) is 24.5 Å². The number of nitrogens with one attached hydrogen (secondary N) is 1. The van der Waals surface area contributed by atoms with Crippen LogP contribution in [0, 0.1) is 0 Å². The van der Waals surface area contributed by atoms with Crippen molar-refractivity contribution in [1.82, 2.24) is 10.2 Å². The van der Waals surface area contributed by atoms with Crippen LogP contribution >= 0.6 is 15.9 Å². The van der Waals surface area contributed by atoms with E-state index in [0.29, 0.717) is 0 Å². The fraction of sp³-hybridized carbons (Fsp3) is 0.647. The number of likely N-dealkylation sites (tertiary alicyclic amines) is 1. The third-order valence-electron chi connectivity index (χ3n) is 3.85. The first-order valence-electron chi connectivity index (χ1n) is 8.14. The molecule has 2 rings (SSSR count). The molecule has 0 spiro atoms. The van der Waals surface area contributed by atoms with E-state index < -0.39 is 0 Å². The zero-order valence-corrected chi connectivity index (χ0v) is 14.6. The van der Waals surface area contributed by atoms with Crippen LogP contribution in [0.2, 0.25) is 0 Å². The van der Waals surface area contributed by atoms with Crippen LogP contribution in [0.15, 0.2) is 22.7 Å². The van der Waals surface area contributed by atoms with Crippen LogP contribution in [0.5, 0.6) is 5.75 Å². The molecule has 0 saturated carbocycles. The fourth-order valence-corrected chi connectivity index (χ4v) is 3.09. The van der Waals surface area contributed by atoms with Crippen LogP contribution in [0.1, 0.15) is 38.2 Å². The van der Waals surface area contributed by atoms with Gasteiger partial charge in [-0.05, 0) is 50.6 Å². The van der Waals surface area contributed by atoms with Crippen LogP contribution in [0.25, 0.3) is 0 Å². The van der Waals surface area contributed by atoms with Gasteiger partial charge in [-0.25, -0.2) is 0 Å². The Morgan fingerprint density at radius 2 is 2.05 bits per heavy atom. The number of piperidine rings is 1. The number of ether oxygens (including phenoxy) is 1. The van der Waals surface area contributed by atoms with Gasteiger partial charge in [0.2, 0.25) is 0 Å². The van der Waals surface area contributed by atoms with Gasteiger partial charge >= 0.3 is 0 Å². The highest BCUT2D eigenvalue weighted by molar-refractivity contribution is 9.10. The normalized spacial score (nSPS) is 16.1. The zero-order chi connectivity index (χ0) is 14.9. The predicted octanol–water partition coefficient (Wildman–Crippen LogP) is 3.81. The molecule has 1 aliphatic rings. The number of benzene rings is 1. The van der Waals surface area contributed by atoms with Gasteiger partial charge in [-0.2, -0.15) is 0 Å². The van der Waals surface area contributed by atoms with E-state index in [0.717, 1.165) is 42.9 Å². The molecular formula is C17H27BrN2O. The van der Waals surface area contributed by atoms with Gasteiger partial charge in [0, 0.05) is 29.7 Å². The molecular weight excluding hydrogens is 328 g/mol. The Morgan fingerprint density at radius 3 is 2.81 bits per heavy atom. The first-order chi connectivity index (χ1) is 10.3. The minimum Gasteiger partial charge on any atom is -0.493 e. The molecule has 1 aromatic carbocycles. The molecule has 0 aliphatic carbocycles. The summed E-state index contributed by atoms with van der Waals surface area (Å²) in [5.74, 6) is 1.01. The summed E-state index contributed by atoms with van der Waals surface area (Å²) < 4.78 is 6.93. The number of hydrogen-bond donors (Lipinski definition) is 1. The minimum absolute atomic E-state index is 0.780. The Morgan fingerprint density at radius 1 is 1.24 bits per heavy atom. The quantitative estimate of drug-likeness (QED) is 0.718. The highest BCUT2D eigenvalue weighted by Crippen LogP contribution is 2.23. The van der Waals surface area contributed by atoms with Crippen molar-refractivity contribution in [2.24, 2.45) is 0 Å². The maximum Gasteiger partial charge on any atom is 0.123 e. The largest absolute Gasteiger partial charge is 0.493 e. The van der Waals surface area contributed by atoms with Crippen molar-refractivity contribution < 1.29 is 4.74 Å². The summed E-state index contributed by atoms with van der Waals surface area (Å²) in [7, 11) is 0. The van der Waals surface area contributed by atoms with E-state index in [-0.39, 0.29) is 0 Å². The Labute approximate surface area is 137 Å². The zero-order valence-electron chi connectivity index (χ0n) is 13.0. The van der Waals surface area contributed by atoms with Crippen LogP contribution in [-0.2, 0) is 6.54 Å². The van der Waals surface area contributed by atoms with Crippen LogP contribution in [0.4, 0.5) is 0 Å². The predicted molar refractivity (Wildman–Crippen MR) is 91.9 cm³/mol. The van der Waals surface area contributed by atoms with Crippen molar-refractivity contribution in [3.05, 3.63) is 28.2 Å². The molecule has 0 atom stereocenters. The smallest absolute Gasteiger partial charge is 0.123 e. The van der Waals surface area contributed by atoms with Gasteiger partial charge in [-0.3, -0.25) is 0 Å². The molecule has 1 aliphatic heterocycles. The molecule has 0 bridgehead atoms. The van der Waals surface area contributed by atoms with Crippen molar-refractivity contribution in [3.63, 3.8) is 0 Å². The highest BCUT2D eigenvalue weighted by Gasteiger charge is 2.09. The second-order valence-corrected chi connectivity index (χ2v) is 6.60. The van der Waals surface area contributed by atoms with Gasteiger partial charge in [0.15, 0.2) is 0 Å². The third kappa shape index (κ3) is 5.97. The SMILES string of the molecule is CCCOc1ccc(Br)cc1CNCCN1CCCCC1. The van der Waals surface area contributed by atoms with Crippen LogP contribution in [-0.4, -0.2) is 37.7 Å². The second-order valence-electron chi connectivity index (χ2n) is 5.68. The molecule has 1 fully saturated rings. The number of hydrogen-bond acceptors (Lipinski definition) is 3. The first kappa shape index (κ1) is 16.8. The summed E-state index contributed by atoms with van der Waals surface area (Å²) in [5, 5.41) is 3.55. The van der Waals surface area contributed by atoms with E-state index in [9.17, 15) is 0 Å². The maximum absolute atomic E-state index is 5.82. The molecule has 118 valence electrons. The van der Waals surface area contributed by atoms with Crippen LogP contribution in [0.3, 0.4) is 0 Å². The molecule has 4 heteroatoms. The molecule has 0 aromatic heterocycles. The maximum atomic E-state index is 5.82. The van der Waals surface area contributed by atoms with Gasteiger partial charge in [0.05, 0.1) is 6.61 Å². The lowest BCUT2D eigenvalue weighted by Gasteiger charge is -2.26. The Kier molecular flexibility index (Phi) is 7.54. The van der Waals surface area contributed by atoms with Gasteiger partial charge in [0.1, 0.15) is 5.75 Å². The van der Waals surface area contributed by atoms with Gasteiger partial charge in [-0.15, -0.1) is 0 Å². The Bertz CT molecular complexity index is 419. The van der Waals surface area contributed by atoms with E-state index in [1.165, 1.54) is 37.9 Å². The van der Waals surface area contributed by atoms with Gasteiger partial charge in [0.25, 0.3) is 0 Å². The molecule has 1 heterocycles. The molecule has 3 nitrogen and oxygen atoms in total.